The van der Waals surface area contributed by atoms with Gasteiger partial charge in [-0.2, -0.15) is 0 Å². The summed E-state index contributed by atoms with van der Waals surface area (Å²) in [4.78, 5) is 22.1. The van der Waals surface area contributed by atoms with E-state index >= 15 is 0 Å². The zero-order chi connectivity index (χ0) is 24.2. The zero-order valence-electron chi connectivity index (χ0n) is 20.8. The molecular weight excluding hydrogens is 416 g/mol. The molecule has 0 heterocycles. The van der Waals surface area contributed by atoms with Gasteiger partial charge in [-0.3, -0.25) is 14.9 Å². The second kappa shape index (κ2) is 19.5. The zero-order valence-corrected chi connectivity index (χ0v) is 20.8. The molecule has 0 amide bonds. The molecule has 1 unspecified atom stereocenters. The number of unbranched alkanes of at least 4 members (excludes halogenated alkanes) is 13. The van der Waals surface area contributed by atoms with E-state index in [0.717, 1.165) is 25.7 Å². The summed E-state index contributed by atoms with van der Waals surface area (Å²) in [6, 6.07) is 5.77. The van der Waals surface area contributed by atoms with Gasteiger partial charge in [0, 0.05) is 24.6 Å². The van der Waals surface area contributed by atoms with Gasteiger partial charge in [0.25, 0.3) is 5.69 Å². The van der Waals surface area contributed by atoms with E-state index in [9.17, 15) is 14.9 Å². The molecule has 1 aromatic carbocycles. The Morgan fingerprint density at radius 3 is 1.76 bits per heavy atom. The van der Waals surface area contributed by atoms with Crippen LogP contribution < -0.4 is 10.5 Å². The average Bonchev–Trinajstić information content (AvgIpc) is 2.80. The lowest BCUT2D eigenvalue weighted by Crippen LogP contribution is -2.19. The molecular formula is C27H46N2O4. The summed E-state index contributed by atoms with van der Waals surface area (Å²) in [5, 5.41) is 10.6. The maximum Gasteiger partial charge on any atom is 0.311 e. The summed E-state index contributed by atoms with van der Waals surface area (Å²) < 4.78 is 5.22. The van der Waals surface area contributed by atoms with Gasteiger partial charge in [-0.15, -0.1) is 0 Å². The average molecular weight is 463 g/mol. The molecule has 1 aromatic rings. The molecule has 6 heteroatoms. The Bertz CT molecular complexity index is 634. The van der Waals surface area contributed by atoms with Crippen molar-refractivity contribution in [3.05, 3.63) is 34.4 Å². The molecule has 33 heavy (non-hydrogen) atoms. The highest BCUT2D eigenvalue weighted by atomic mass is 16.6. The van der Waals surface area contributed by atoms with Crippen molar-refractivity contribution < 1.29 is 14.5 Å². The van der Waals surface area contributed by atoms with Crippen LogP contribution in [0.15, 0.2) is 24.3 Å². The van der Waals surface area contributed by atoms with Gasteiger partial charge in [0.15, 0.2) is 0 Å². The second-order valence-corrected chi connectivity index (χ2v) is 9.26. The van der Waals surface area contributed by atoms with E-state index in [1.165, 1.54) is 108 Å². The minimum atomic E-state index is -0.479. The number of hydrogen-bond donors (Lipinski definition) is 1. The third-order valence-electron chi connectivity index (χ3n) is 6.16. The predicted octanol–water partition coefficient (Wildman–Crippen LogP) is 7.87. The number of benzene rings is 1. The smallest absolute Gasteiger partial charge is 0.311 e. The summed E-state index contributed by atoms with van der Waals surface area (Å²) in [6.07, 6.45) is 21.7. The van der Waals surface area contributed by atoms with Crippen LogP contribution >= 0.6 is 0 Å². The summed E-state index contributed by atoms with van der Waals surface area (Å²) in [5.41, 5.74) is 6.20. The van der Waals surface area contributed by atoms with E-state index in [1.54, 1.807) is 0 Å². The van der Waals surface area contributed by atoms with Gasteiger partial charge in [-0.1, -0.05) is 96.8 Å². The van der Waals surface area contributed by atoms with Gasteiger partial charge in [0.2, 0.25) is 0 Å². The number of ether oxygens (including phenoxy) is 1. The van der Waals surface area contributed by atoms with Crippen molar-refractivity contribution in [1.82, 2.24) is 0 Å². The maximum atomic E-state index is 11.9. The van der Waals surface area contributed by atoms with E-state index in [4.69, 9.17) is 10.5 Å². The molecule has 0 fully saturated rings. The quantitative estimate of drug-likeness (QED) is 0.0659. The lowest BCUT2D eigenvalue weighted by atomic mass is 10.0. The van der Waals surface area contributed by atoms with Crippen LogP contribution in [0.5, 0.6) is 5.75 Å². The summed E-state index contributed by atoms with van der Waals surface area (Å²) in [6.45, 7) is 2.27. The summed E-state index contributed by atoms with van der Waals surface area (Å²) in [5.74, 6) is 0.0265. The molecule has 188 valence electrons. The van der Waals surface area contributed by atoms with Gasteiger partial charge in [0.1, 0.15) is 5.75 Å². The molecule has 6 nitrogen and oxygen atoms in total. The molecule has 0 saturated heterocycles. The standard InChI is InChI=1S/C27H46N2O4/c1-2-3-4-5-6-7-8-9-10-11-12-13-14-17-24(28)18-15-16-19-27(30)33-26-22-20-25(21-23-26)29(31)32/h20-24H,2-19,28H2,1H3. The van der Waals surface area contributed by atoms with E-state index in [1.807, 2.05) is 0 Å². The third kappa shape index (κ3) is 16.3. The SMILES string of the molecule is CCCCCCCCCCCCCCCC(N)CCCCC(=O)Oc1ccc([N+](=O)[O-])cc1. The van der Waals surface area contributed by atoms with Crippen molar-refractivity contribution in [2.24, 2.45) is 5.73 Å². The van der Waals surface area contributed by atoms with Crippen molar-refractivity contribution in [3.63, 3.8) is 0 Å². The topological polar surface area (TPSA) is 95.5 Å². The first-order valence-corrected chi connectivity index (χ1v) is 13.2. The fraction of sp³-hybridized carbons (Fsp3) is 0.741. The number of rotatable bonds is 21. The highest BCUT2D eigenvalue weighted by Crippen LogP contribution is 2.18. The molecule has 0 bridgehead atoms. The third-order valence-corrected chi connectivity index (χ3v) is 6.16. The number of non-ortho nitro benzene ring substituents is 1. The molecule has 0 saturated carbocycles. The first-order valence-electron chi connectivity index (χ1n) is 13.2. The molecule has 0 aliphatic carbocycles. The highest BCUT2D eigenvalue weighted by molar-refractivity contribution is 5.72. The predicted molar refractivity (Wildman–Crippen MR) is 135 cm³/mol. The summed E-state index contributed by atoms with van der Waals surface area (Å²) >= 11 is 0. The van der Waals surface area contributed by atoms with Crippen LogP contribution in [-0.4, -0.2) is 16.9 Å². The second-order valence-electron chi connectivity index (χ2n) is 9.26. The Morgan fingerprint density at radius 2 is 1.27 bits per heavy atom. The number of esters is 1. The fourth-order valence-corrected chi connectivity index (χ4v) is 4.06. The fourth-order valence-electron chi connectivity index (χ4n) is 4.06. The van der Waals surface area contributed by atoms with Crippen molar-refractivity contribution in [2.45, 2.75) is 129 Å². The van der Waals surface area contributed by atoms with Crippen LogP contribution in [0.4, 0.5) is 5.69 Å². The van der Waals surface area contributed by atoms with Crippen LogP contribution in [0.25, 0.3) is 0 Å². The lowest BCUT2D eigenvalue weighted by molar-refractivity contribution is -0.384. The number of nitro benzene ring substituents is 1. The lowest BCUT2D eigenvalue weighted by Gasteiger charge is -2.11. The number of nitro groups is 1. The van der Waals surface area contributed by atoms with Crippen LogP contribution in [0, 0.1) is 10.1 Å². The van der Waals surface area contributed by atoms with Crippen molar-refractivity contribution >= 4 is 11.7 Å². The van der Waals surface area contributed by atoms with Gasteiger partial charge in [-0.25, -0.2) is 0 Å². The first kappa shape index (κ1) is 29.1. The largest absolute Gasteiger partial charge is 0.427 e. The Kier molecular flexibility index (Phi) is 17.2. The first-order chi connectivity index (χ1) is 16.0. The van der Waals surface area contributed by atoms with Crippen LogP contribution in [0.2, 0.25) is 0 Å². The van der Waals surface area contributed by atoms with Gasteiger partial charge in [0.05, 0.1) is 4.92 Å². The number of hydrogen-bond acceptors (Lipinski definition) is 5. The Labute approximate surface area is 200 Å². The molecule has 2 N–H and O–H groups in total. The van der Waals surface area contributed by atoms with E-state index < -0.39 is 4.92 Å². The molecule has 1 atom stereocenters. The van der Waals surface area contributed by atoms with E-state index in [-0.39, 0.29) is 17.7 Å². The van der Waals surface area contributed by atoms with Crippen molar-refractivity contribution in [3.8, 4) is 5.75 Å². The van der Waals surface area contributed by atoms with Crippen molar-refractivity contribution in [1.29, 1.82) is 0 Å². The van der Waals surface area contributed by atoms with Gasteiger partial charge in [-0.05, 0) is 31.4 Å². The molecule has 0 radical (unpaired) electrons. The Hall–Kier alpha value is -1.95. The molecule has 0 aliphatic rings. The van der Waals surface area contributed by atoms with Crippen molar-refractivity contribution in [2.75, 3.05) is 0 Å². The number of carbonyl (C=O) groups excluding carboxylic acids is 1. The van der Waals surface area contributed by atoms with Gasteiger partial charge < -0.3 is 10.5 Å². The maximum absolute atomic E-state index is 11.9. The Balaban J connectivity index is 1.90. The number of carbonyl (C=O) groups is 1. The normalized spacial score (nSPS) is 11.9. The highest BCUT2D eigenvalue weighted by Gasteiger charge is 2.09. The molecule has 0 aliphatic heterocycles. The monoisotopic (exact) mass is 462 g/mol. The Morgan fingerprint density at radius 1 is 0.818 bits per heavy atom. The number of nitrogens with zero attached hydrogens (tertiary/aromatic N) is 1. The minimum Gasteiger partial charge on any atom is -0.427 e. The molecule has 0 spiro atoms. The van der Waals surface area contributed by atoms with Crippen LogP contribution in [-0.2, 0) is 4.79 Å². The number of nitrogens with two attached hydrogens (primary N) is 1. The van der Waals surface area contributed by atoms with E-state index in [2.05, 4.69) is 6.92 Å². The van der Waals surface area contributed by atoms with Crippen LogP contribution in [0.3, 0.4) is 0 Å². The molecule has 0 aromatic heterocycles. The summed E-state index contributed by atoms with van der Waals surface area (Å²) in [7, 11) is 0. The van der Waals surface area contributed by atoms with Crippen LogP contribution in [0.1, 0.15) is 122 Å². The minimum absolute atomic E-state index is 0.0210. The van der Waals surface area contributed by atoms with E-state index in [0.29, 0.717) is 12.2 Å². The van der Waals surface area contributed by atoms with Gasteiger partial charge >= 0.3 is 5.97 Å². The molecule has 1 rings (SSSR count).